The van der Waals surface area contributed by atoms with Gasteiger partial charge in [-0.25, -0.2) is 0 Å². The largest absolute Gasteiger partial charge is 0.497 e. The molecule has 0 fully saturated rings. The van der Waals surface area contributed by atoms with Crippen molar-refractivity contribution in [2.75, 3.05) is 38.1 Å². The number of rotatable bonds is 4. The molecule has 0 radical (unpaired) electrons. The summed E-state index contributed by atoms with van der Waals surface area (Å²) in [6.45, 7) is 0. The predicted octanol–water partition coefficient (Wildman–Crippen LogP) is 6.89. The molecular formula is C28H26N2O2. The molecule has 1 aliphatic heterocycles. The highest BCUT2D eigenvalue weighted by molar-refractivity contribution is 5.96. The lowest BCUT2D eigenvalue weighted by Crippen LogP contribution is -2.24. The molecule has 1 aliphatic rings. The summed E-state index contributed by atoms with van der Waals surface area (Å²) in [5.74, 6) is 1.73. The van der Waals surface area contributed by atoms with Crippen molar-refractivity contribution < 1.29 is 9.47 Å². The molecule has 0 aliphatic carbocycles. The predicted molar refractivity (Wildman–Crippen MR) is 133 cm³/mol. The molecule has 32 heavy (non-hydrogen) atoms. The molecule has 4 nitrogen and oxygen atoms in total. The molecule has 0 bridgehead atoms. The summed E-state index contributed by atoms with van der Waals surface area (Å²) in [5.41, 5.74) is 9.45. The molecule has 4 aromatic carbocycles. The second kappa shape index (κ2) is 7.97. The van der Waals surface area contributed by atoms with Gasteiger partial charge in [0.15, 0.2) is 0 Å². The van der Waals surface area contributed by atoms with E-state index in [-0.39, 0.29) is 0 Å². The van der Waals surface area contributed by atoms with Gasteiger partial charge in [0.05, 0.1) is 37.0 Å². The number of nitrogens with zero attached hydrogens (tertiary/aromatic N) is 2. The monoisotopic (exact) mass is 422 g/mol. The van der Waals surface area contributed by atoms with Crippen molar-refractivity contribution in [2.45, 2.75) is 0 Å². The van der Waals surface area contributed by atoms with Crippen molar-refractivity contribution in [2.24, 2.45) is 0 Å². The van der Waals surface area contributed by atoms with Gasteiger partial charge in [0.25, 0.3) is 0 Å². The van der Waals surface area contributed by atoms with E-state index in [1.807, 2.05) is 24.3 Å². The Morgan fingerprint density at radius 2 is 0.781 bits per heavy atom. The smallest absolute Gasteiger partial charge is 0.118 e. The summed E-state index contributed by atoms with van der Waals surface area (Å²) < 4.78 is 10.6. The average Bonchev–Trinajstić information content (AvgIpc) is 2.86. The summed E-state index contributed by atoms with van der Waals surface area (Å²) in [7, 11) is 7.65. The molecule has 0 unspecified atom stereocenters. The number of ether oxygens (including phenoxy) is 2. The highest BCUT2D eigenvalue weighted by Gasteiger charge is 2.25. The average molecular weight is 423 g/mol. The van der Waals surface area contributed by atoms with E-state index in [1.165, 1.54) is 45.0 Å². The van der Waals surface area contributed by atoms with E-state index in [9.17, 15) is 0 Å². The van der Waals surface area contributed by atoms with Crippen molar-refractivity contribution in [3.63, 3.8) is 0 Å². The fourth-order valence-corrected chi connectivity index (χ4v) is 4.34. The Kier molecular flexibility index (Phi) is 4.98. The first-order valence-electron chi connectivity index (χ1n) is 10.6. The lowest BCUT2D eigenvalue weighted by Gasteiger charge is -2.37. The van der Waals surface area contributed by atoms with E-state index >= 15 is 0 Å². The Bertz CT molecular complexity index is 1160. The maximum atomic E-state index is 5.30. The molecule has 1 heterocycles. The maximum Gasteiger partial charge on any atom is 0.118 e. The van der Waals surface area contributed by atoms with Gasteiger partial charge in [-0.2, -0.15) is 0 Å². The van der Waals surface area contributed by atoms with Crippen LogP contribution in [0, 0.1) is 0 Å². The van der Waals surface area contributed by atoms with Crippen LogP contribution < -0.4 is 19.3 Å². The zero-order chi connectivity index (χ0) is 22.2. The lowest BCUT2D eigenvalue weighted by molar-refractivity contribution is 0.415. The van der Waals surface area contributed by atoms with Crippen LogP contribution in [0.5, 0.6) is 11.5 Å². The zero-order valence-electron chi connectivity index (χ0n) is 18.8. The lowest BCUT2D eigenvalue weighted by atomic mass is 9.99. The van der Waals surface area contributed by atoms with E-state index in [0.29, 0.717) is 0 Å². The molecule has 160 valence electrons. The number of methoxy groups -OCH3 is 2. The van der Waals surface area contributed by atoms with Crippen molar-refractivity contribution in [3.05, 3.63) is 84.9 Å². The van der Waals surface area contributed by atoms with Gasteiger partial charge in [0, 0.05) is 14.1 Å². The van der Waals surface area contributed by atoms with Crippen LogP contribution in [-0.4, -0.2) is 28.3 Å². The highest BCUT2D eigenvalue weighted by Crippen LogP contribution is 2.48. The standard InChI is InChI=1S/C28H26N2O2/c1-29-25-15-9-22(20-7-13-24(32-4)14-8-20)18-28(25)30(2)26-16-10-21(17-27(26)29)19-5-11-23(31-3)12-6-19/h5-18H,1-4H3. The van der Waals surface area contributed by atoms with Gasteiger partial charge >= 0.3 is 0 Å². The summed E-state index contributed by atoms with van der Waals surface area (Å²) in [4.78, 5) is 4.55. The zero-order valence-corrected chi connectivity index (χ0v) is 18.8. The minimum atomic E-state index is 0.866. The van der Waals surface area contributed by atoms with Crippen LogP contribution >= 0.6 is 0 Å². The topological polar surface area (TPSA) is 24.9 Å². The molecule has 4 heteroatoms. The second-order valence-electron chi connectivity index (χ2n) is 7.98. The molecule has 4 aromatic rings. The fourth-order valence-electron chi connectivity index (χ4n) is 4.34. The third-order valence-electron chi connectivity index (χ3n) is 6.24. The van der Waals surface area contributed by atoms with Crippen molar-refractivity contribution in [3.8, 4) is 33.8 Å². The van der Waals surface area contributed by atoms with Crippen LogP contribution in [0.15, 0.2) is 84.9 Å². The van der Waals surface area contributed by atoms with Gasteiger partial charge in [-0.3, -0.25) is 0 Å². The maximum absolute atomic E-state index is 5.30. The molecule has 5 rings (SSSR count). The Morgan fingerprint density at radius 3 is 1.12 bits per heavy atom. The summed E-state index contributed by atoms with van der Waals surface area (Å²) in [6, 6.07) is 29.7. The highest BCUT2D eigenvalue weighted by atomic mass is 16.5. The molecule has 0 spiro atoms. The van der Waals surface area contributed by atoms with E-state index in [1.54, 1.807) is 14.2 Å². The summed E-state index contributed by atoms with van der Waals surface area (Å²) in [6.07, 6.45) is 0. The van der Waals surface area contributed by atoms with Crippen LogP contribution in [-0.2, 0) is 0 Å². The van der Waals surface area contributed by atoms with Gasteiger partial charge in [-0.15, -0.1) is 0 Å². The summed E-state index contributed by atoms with van der Waals surface area (Å²) >= 11 is 0. The Labute approximate surface area is 189 Å². The van der Waals surface area contributed by atoms with E-state index in [4.69, 9.17) is 9.47 Å². The molecule has 0 amide bonds. The Hall–Kier alpha value is -3.92. The third-order valence-corrected chi connectivity index (χ3v) is 6.24. The quantitative estimate of drug-likeness (QED) is 0.358. The molecular weight excluding hydrogens is 396 g/mol. The van der Waals surface area contributed by atoms with Gasteiger partial charge in [0.1, 0.15) is 11.5 Å². The molecule has 0 saturated carbocycles. The van der Waals surface area contributed by atoms with Crippen molar-refractivity contribution >= 4 is 22.7 Å². The van der Waals surface area contributed by atoms with E-state index in [2.05, 4.69) is 84.6 Å². The first kappa shape index (κ1) is 20.0. The minimum Gasteiger partial charge on any atom is -0.497 e. The van der Waals surface area contributed by atoms with Gasteiger partial charge in [0.2, 0.25) is 0 Å². The molecule has 0 atom stereocenters. The van der Waals surface area contributed by atoms with Crippen LogP contribution in [0.25, 0.3) is 22.3 Å². The van der Waals surface area contributed by atoms with Crippen LogP contribution in [0.2, 0.25) is 0 Å². The van der Waals surface area contributed by atoms with Crippen LogP contribution in [0.3, 0.4) is 0 Å². The number of benzene rings is 4. The third kappa shape index (κ3) is 3.34. The van der Waals surface area contributed by atoms with E-state index in [0.717, 1.165) is 11.5 Å². The van der Waals surface area contributed by atoms with Gasteiger partial charge in [-0.1, -0.05) is 36.4 Å². The normalized spacial score (nSPS) is 12.2. The van der Waals surface area contributed by atoms with E-state index < -0.39 is 0 Å². The minimum absolute atomic E-state index is 0.866. The van der Waals surface area contributed by atoms with Crippen molar-refractivity contribution in [1.29, 1.82) is 0 Å². The molecule has 0 N–H and O–H groups in total. The Balaban J connectivity index is 1.52. The molecule has 0 saturated heterocycles. The summed E-state index contributed by atoms with van der Waals surface area (Å²) in [5, 5.41) is 0. The Morgan fingerprint density at radius 1 is 0.438 bits per heavy atom. The number of hydrogen-bond acceptors (Lipinski definition) is 4. The number of anilines is 4. The van der Waals surface area contributed by atoms with Crippen LogP contribution in [0.4, 0.5) is 22.7 Å². The molecule has 0 aromatic heterocycles. The van der Waals surface area contributed by atoms with Gasteiger partial charge < -0.3 is 19.3 Å². The SMILES string of the molecule is COc1ccc(-c2ccc3c(c2)N(C)c2ccc(-c4ccc(OC)cc4)cc2N3C)cc1. The van der Waals surface area contributed by atoms with Crippen LogP contribution in [0.1, 0.15) is 0 Å². The van der Waals surface area contributed by atoms with Gasteiger partial charge in [-0.05, 0) is 70.8 Å². The second-order valence-corrected chi connectivity index (χ2v) is 7.98. The first-order chi connectivity index (χ1) is 15.6. The van der Waals surface area contributed by atoms with Crippen molar-refractivity contribution in [1.82, 2.24) is 0 Å². The fraction of sp³-hybridized carbons (Fsp3) is 0.143. The number of fused-ring (bicyclic) bond motifs is 2. The first-order valence-corrected chi connectivity index (χ1v) is 10.6. The number of hydrogen-bond donors (Lipinski definition) is 0.